The Labute approximate surface area is 176 Å². The quantitative estimate of drug-likeness (QED) is 0.442. The normalized spacial score (nSPS) is 12.7. The Bertz CT molecular complexity index is 1110. The van der Waals surface area contributed by atoms with Crippen LogP contribution in [-0.2, 0) is 22.5 Å². The lowest BCUT2D eigenvalue weighted by atomic mass is 10.0. The molecule has 1 aromatic heterocycles. The molecule has 0 radical (unpaired) electrons. The highest BCUT2D eigenvalue weighted by Crippen LogP contribution is 2.29. The van der Waals surface area contributed by atoms with Crippen molar-refractivity contribution in [3.63, 3.8) is 0 Å². The number of hydrogen-bond donors (Lipinski definition) is 1. The van der Waals surface area contributed by atoms with Crippen LogP contribution in [0.15, 0.2) is 58.8 Å². The molecule has 0 fully saturated rings. The summed E-state index contributed by atoms with van der Waals surface area (Å²) in [5, 5.41) is 14.9. The Hall–Kier alpha value is -3.69. The Morgan fingerprint density at radius 2 is 1.87 bits per heavy atom. The number of aromatic nitrogens is 3. The minimum absolute atomic E-state index is 0.0542. The minimum Gasteiger partial charge on any atom is -0.399 e. The first-order valence-corrected chi connectivity index (χ1v) is 9.22. The Morgan fingerprint density at radius 1 is 1.10 bits per heavy atom. The monoisotopic (exact) mass is 431 g/mol. The van der Waals surface area contributed by atoms with Gasteiger partial charge < -0.3 is 9.68 Å². The molecular formula is C21H20F3N5O2. The first-order chi connectivity index (χ1) is 14.8. The molecule has 0 bridgehead atoms. The summed E-state index contributed by atoms with van der Waals surface area (Å²) < 4.78 is 38.8. The molecule has 3 rings (SSSR count). The summed E-state index contributed by atoms with van der Waals surface area (Å²) in [4.78, 5) is 14.7. The zero-order valence-electron chi connectivity index (χ0n) is 17.1. The number of aryl methyl sites for hydroxylation is 1. The fraction of sp³-hybridized carbons (Fsp3) is 0.238. The molecular weight excluding hydrogens is 411 g/mol. The predicted molar refractivity (Wildman–Crippen MR) is 109 cm³/mol. The SMILES string of the molecule is CON=C(c1n[nH]c(C)n1)c1ccccc1CON=C(C)c1cccc(C(F)(F)F)c1. The van der Waals surface area contributed by atoms with Crippen molar-refractivity contribution in [3.05, 3.63) is 82.4 Å². The summed E-state index contributed by atoms with van der Waals surface area (Å²) in [6, 6.07) is 12.2. The van der Waals surface area contributed by atoms with Crippen LogP contribution in [0.1, 0.15) is 40.8 Å². The van der Waals surface area contributed by atoms with Gasteiger partial charge in [0.05, 0.1) is 11.3 Å². The third-order valence-electron chi connectivity index (χ3n) is 4.29. The Kier molecular flexibility index (Phi) is 6.68. The number of H-pyrrole nitrogens is 1. The summed E-state index contributed by atoms with van der Waals surface area (Å²) in [5.41, 5.74) is 1.70. The largest absolute Gasteiger partial charge is 0.416 e. The molecule has 0 spiro atoms. The number of oxime groups is 2. The number of nitrogens with zero attached hydrogens (tertiary/aromatic N) is 4. The molecule has 0 saturated heterocycles. The third kappa shape index (κ3) is 5.47. The van der Waals surface area contributed by atoms with Gasteiger partial charge in [0.25, 0.3) is 0 Å². The topological polar surface area (TPSA) is 84.8 Å². The van der Waals surface area contributed by atoms with E-state index in [2.05, 4.69) is 25.5 Å². The van der Waals surface area contributed by atoms with Gasteiger partial charge in [-0.05, 0) is 31.5 Å². The predicted octanol–water partition coefficient (Wildman–Crippen LogP) is 4.47. The maximum Gasteiger partial charge on any atom is 0.416 e. The van der Waals surface area contributed by atoms with Crippen LogP contribution >= 0.6 is 0 Å². The minimum atomic E-state index is -4.42. The molecule has 0 unspecified atom stereocenters. The number of rotatable bonds is 7. The molecule has 0 aliphatic heterocycles. The molecule has 1 N–H and O–H groups in total. The van der Waals surface area contributed by atoms with Gasteiger partial charge in [0.1, 0.15) is 19.5 Å². The Balaban J connectivity index is 1.81. The summed E-state index contributed by atoms with van der Waals surface area (Å²) in [7, 11) is 1.42. The van der Waals surface area contributed by atoms with Crippen LogP contribution in [0.2, 0.25) is 0 Å². The van der Waals surface area contributed by atoms with E-state index in [0.29, 0.717) is 34.2 Å². The van der Waals surface area contributed by atoms with Gasteiger partial charge in [-0.2, -0.15) is 18.3 Å². The van der Waals surface area contributed by atoms with Crippen molar-refractivity contribution in [2.45, 2.75) is 26.6 Å². The van der Waals surface area contributed by atoms with E-state index >= 15 is 0 Å². The van der Waals surface area contributed by atoms with Crippen molar-refractivity contribution >= 4 is 11.4 Å². The summed E-state index contributed by atoms with van der Waals surface area (Å²) in [5.74, 6) is 0.976. The first-order valence-electron chi connectivity index (χ1n) is 9.22. The van der Waals surface area contributed by atoms with Gasteiger partial charge >= 0.3 is 6.18 Å². The van der Waals surface area contributed by atoms with E-state index in [4.69, 9.17) is 9.68 Å². The molecule has 3 aromatic rings. The number of alkyl halides is 3. The molecule has 7 nitrogen and oxygen atoms in total. The number of aromatic amines is 1. The van der Waals surface area contributed by atoms with Crippen molar-refractivity contribution in [1.29, 1.82) is 0 Å². The average Bonchev–Trinajstić information content (AvgIpc) is 3.18. The average molecular weight is 431 g/mol. The standard InChI is InChI=1S/C21H20F3N5O2/c1-13(15-8-6-9-17(11-15)21(22,23)24)28-31-12-16-7-4-5-10-18(16)19(29-30-3)20-25-14(2)26-27-20/h4-11H,12H2,1-3H3,(H,25,26,27). The number of nitrogens with one attached hydrogen (secondary N) is 1. The molecule has 2 aromatic carbocycles. The van der Waals surface area contributed by atoms with Gasteiger partial charge in [0.15, 0.2) is 5.71 Å². The van der Waals surface area contributed by atoms with E-state index in [1.165, 1.54) is 13.2 Å². The number of benzene rings is 2. The molecule has 0 atom stereocenters. The van der Waals surface area contributed by atoms with Crippen molar-refractivity contribution < 1.29 is 22.8 Å². The van der Waals surface area contributed by atoms with E-state index in [0.717, 1.165) is 17.7 Å². The highest BCUT2D eigenvalue weighted by molar-refractivity contribution is 6.11. The van der Waals surface area contributed by atoms with Gasteiger partial charge in [-0.1, -0.05) is 46.7 Å². The second-order valence-corrected chi connectivity index (χ2v) is 6.55. The fourth-order valence-corrected chi connectivity index (χ4v) is 2.80. The smallest absolute Gasteiger partial charge is 0.399 e. The van der Waals surface area contributed by atoms with Crippen LogP contribution in [-0.4, -0.2) is 33.7 Å². The highest BCUT2D eigenvalue weighted by Gasteiger charge is 2.30. The summed E-state index contributed by atoms with van der Waals surface area (Å²) in [6.45, 7) is 3.40. The van der Waals surface area contributed by atoms with Gasteiger partial charge in [0, 0.05) is 11.1 Å². The molecule has 0 aliphatic carbocycles. The Morgan fingerprint density at radius 3 is 2.55 bits per heavy atom. The maximum atomic E-state index is 12.9. The maximum absolute atomic E-state index is 12.9. The van der Waals surface area contributed by atoms with Crippen molar-refractivity contribution in [3.8, 4) is 0 Å². The van der Waals surface area contributed by atoms with Crippen LogP contribution in [0.3, 0.4) is 0 Å². The number of halogens is 3. The van der Waals surface area contributed by atoms with E-state index in [1.54, 1.807) is 19.9 Å². The lowest BCUT2D eigenvalue weighted by Crippen LogP contribution is -2.10. The lowest BCUT2D eigenvalue weighted by Gasteiger charge is -2.10. The lowest BCUT2D eigenvalue weighted by molar-refractivity contribution is -0.137. The fourth-order valence-electron chi connectivity index (χ4n) is 2.80. The van der Waals surface area contributed by atoms with Gasteiger partial charge in [0.2, 0.25) is 5.82 Å². The molecule has 10 heteroatoms. The van der Waals surface area contributed by atoms with Gasteiger partial charge in [-0.15, -0.1) is 0 Å². The van der Waals surface area contributed by atoms with Crippen molar-refractivity contribution in [2.24, 2.45) is 10.3 Å². The van der Waals surface area contributed by atoms with E-state index < -0.39 is 11.7 Å². The van der Waals surface area contributed by atoms with Crippen molar-refractivity contribution in [1.82, 2.24) is 15.2 Å². The van der Waals surface area contributed by atoms with E-state index in [1.807, 2.05) is 24.3 Å². The zero-order valence-corrected chi connectivity index (χ0v) is 17.1. The molecule has 0 aliphatic rings. The van der Waals surface area contributed by atoms with Gasteiger partial charge in [-0.25, -0.2) is 4.98 Å². The zero-order chi connectivity index (χ0) is 22.4. The second-order valence-electron chi connectivity index (χ2n) is 6.55. The highest BCUT2D eigenvalue weighted by atomic mass is 19.4. The van der Waals surface area contributed by atoms with Crippen LogP contribution in [0.4, 0.5) is 13.2 Å². The molecule has 31 heavy (non-hydrogen) atoms. The van der Waals surface area contributed by atoms with Crippen molar-refractivity contribution in [2.75, 3.05) is 7.11 Å². The summed E-state index contributed by atoms with van der Waals surface area (Å²) in [6.07, 6.45) is -4.42. The van der Waals surface area contributed by atoms with E-state index in [9.17, 15) is 13.2 Å². The van der Waals surface area contributed by atoms with Crippen LogP contribution in [0.5, 0.6) is 0 Å². The van der Waals surface area contributed by atoms with Gasteiger partial charge in [-0.3, -0.25) is 5.10 Å². The number of hydrogen-bond acceptors (Lipinski definition) is 6. The molecule has 0 saturated carbocycles. The van der Waals surface area contributed by atoms with Crippen LogP contribution in [0, 0.1) is 6.92 Å². The molecule has 1 heterocycles. The van der Waals surface area contributed by atoms with Crippen LogP contribution < -0.4 is 0 Å². The first kappa shape index (κ1) is 22.0. The summed E-state index contributed by atoms with van der Waals surface area (Å²) >= 11 is 0. The van der Waals surface area contributed by atoms with Crippen LogP contribution in [0.25, 0.3) is 0 Å². The van der Waals surface area contributed by atoms with E-state index in [-0.39, 0.29) is 6.61 Å². The second kappa shape index (κ2) is 9.41. The molecule has 0 amide bonds. The third-order valence-corrected chi connectivity index (χ3v) is 4.29. The molecule has 162 valence electrons.